The zero-order chi connectivity index (χ0) is 20.8. The summed E-state index contributed by atoms with van der Waals surface area (Å²) in [4.78, 5) is 29.9. The lowest BCUT2D eigenvalue weighted by atomic mass is 10.1. The molecule has 1 saturated carbocycles. The van der Waals surface area contributed by atoms with Crippen molar-refractivity contribution in [3.63, 3.8) is 0 Å². The standard InChI is InChI=1S/C23H19ClN2O3S/c1-2-13-9-20-17(11-18(13)24)14(10-21(27)29-20)12-30-23-25-19-6-4-3-5-16(19)22(28)26(23)15-7-8-15/h3-6,9-11,15H,2,7-8,12H2,1H3. The van der Waals surface area contributed by atoms with Gasteiger partial charge in [0.1, 0.15) is 5.58 Å². The Balaban J connectivity index is 1.58. The zero-order valence-corrected chi connectivity index (χ0v) is 17.9. The molecule has 2 aromatic heterocycles. The lowest BCUT2D eigenvalue weighted by Gasteiger charge is -2.13. The molecule has 1 aliphatic carbocycles. The van der Waals surface area contributed by atoms with Gasteiger partial charge in [-0.15, -0.1) is 0 Å². The second-order valence-corrected chi connectivity index (χ2v) is 8.84. The molecule has 1 fully saturated rings. The van der Waals surface area contributed by atoms with E-state index in [1.54, 1.807) is 0 Å². The van der Waals surface area contributed by atoms with E-state index in [0.29, 0.717) is 32.4 Å². The first-order valence-corrected chi connectivity index (χ1v) is 11.3. The lowest BCUT2D eigenvalue weighted by molar-refractivity contribution is 0.559. The predicted octanol–water partition coefficient (Wildman–Crippen LogP) is 5.35. The normalized spacial score (nSPS) is 13.9. The SMILES string of the molecule is CCc1cc2oc(=O)cc(CSc3nc4ccccc4c(=O)n3C3CC3)c2cc1Cl. The van der Waals surface area contributed by atoms with Crippen molar-refractivity contribution < 1.29 is 4.42 Å². The van der Waals surface area contributed by atoms with Gasteiger partial charge in [0.2, 0.25) is 0 Å². The number of benzene rings is 2. The molecule has 0 spiro atoms. The Kier molecular flexibility index (Phi) is 4.91. The Morgan fingerprint density at radius 2 is 1.93 bits per heavy atom. The van der Waals surface area contributed by atoms with Gasteiger partial charge < -0.3 is 4.42 Å². The number of nitrogens with zero attached hydrogens (tertiary/aromatic N) is 2. The van der Waals surface area contributed by atoms with Gasteiger partial charge in [0.25, 0.3) is 5.56 Å². The number of para-hydroxylation sites is 1. The van der Waals surface area contributed by atoms with E-state index in [4.69, 9.17) is 21.0 Å². The molecule has 2 aromatic carbocycles. The first-order valence-electron chi connectivity index (χ1n) is 9.94. The molecule has 0 amide bonds. The molecule has 0 N–H and O–H groups in total. The fourth-order valence-corrected chi connectivity index (χ4v) is 5.06. The highest BCUT2D eigenvalue weighted by Crippen LogP contribution is 2.38. The van der Waals surface area contributed by atoms with Crippen molar-refractivity contribution in [2.75, 3.05) is 0 Å². The summed E-state index contributed by atoms with van der Waals surface area (Å²) in [7, 11) is 0. The van der Waals surface area contributed by atoms with Crippen LogP contribution >= 0.6 is 23.4 Å². The second kappa shape index (κ2) is 7.60. The minimum absolute atomic E-state index is 0.00124. The summed E-state index contributed by atoms with van der Waals surface area (Å²) >= 11 is 7.87. The number of hydrogen-bond acceptors (Lipinski definition) is 5. The average molecular weight is 439 g/mol. The summed E-state index contributed by atoms with van der Waals surface area (Å²) in [5.74, 6) is 0.488. The summed E-state index contributed by atoms with van der Waals surface area (Å²) in [6, 6.07) is 12.8. The van der Waals surface area contributed by atoms with Crippen LogP contribution in [0.1, 0.15) is 36.9 Å². The van der Waals surface area contributed by atoms with E-state index in [9.17, 15) is 9.59 Å². The molecular weight excluding hydrogens is 420 g/mol. The summed E-state index contributed by atoms with van der Waals surface area (Å²) in [6.45, 7) is 2.01. The molecule has 0 atom stereocenters. The molecule has 1 aliphatic rings. The van der Waals surface area contributed by atoms with Crippen molar-refractivity contribution in [2.24, 2.45) is 0 Å². The molecule has 0 radical (unpaired) electrons. The molecule has 2 heterocycles. The zero-order valence-electron chi connectivity index (χ0n) is 16.4. The van der Waals surface area contributed by atoms with Crippen molar-refractivity contribution in [3.8, 4) is 0 Å². The van der Waals surface area contributed by atoms with Gasteiger partial charge in [0.15, 0.2) is 5.16 Å². The van der Waals surface area contributed by atoms with Crippen LogP contribution in [-0.4, -0.2) is 9.55 Å². The Hall–Kier alpha value is -2.57. The first kappa shape index (κ1) is 19.4. The quantitative estimate of drug-likeness (QED) is 0.239. The number of hydrogen-bond donors (Lipinski definition) is 0. The van der Waals surface area contributed by atoms with Crippen molar-refractivity contribution >= 4 is 45.2 Å². The molecule has 0 unspecified atom stereocenters. The van der Waals surface area contributed by atoms with E-state index in [2.05, 4.69) is 0 Å². The maximum Gasteiger partial charge on any atom is 0.336 e. The molecule has 5 rings (SSSR count). The Labute approximate surface area is 181 Å². The molecule has 7 heteroatoms. The predicted molar refractivity (Wildman–Crippen MR) is 121 cm³/mol. The number of rotatable bonds is 5. The molecule has 0 bridgehead atoms. The fourth-order valence-electron chi connectivity index (χ4n) is 3.70. The third-order valence-electron chi connectivity index (χ3n) is 5.42. The molecule has 4 aromatic rings. The van der Waals surface area contributed by atoms with Crippen molar-refractivity contribution in [3.05, 3.63) is 79.4 Å². The molecule has 5 nitrogen and oxygen atoms in total. The molecule has 152 valence electrons. The van der Waals surface area contributed by atoms with Gasteiger partial charge in [-0.25, -0.2) is 9.78 Å². The van der Waals surface area contributed by atoms with Crippen LogP contribution < -0.4 is 11.2 Å². The minimum atomic E-state index is -0.395. The van der Waals surface area contributed by atoms with E-state index in [-0.39, 0.29) is 11.6 Å². The number of aryl methyl sites for hydroxylation is 1. The van der Waals surface area contributed by atoms with Crippen molar-refractivity contribution in [1.29, 1.82) is 0 Å². The van der Waals surface area contributed by atoms with Crippen molar-refractivity contribution in [1.82, 2.24) is 9.55 Å². The maximum atomic E-state index is 13.1. The van der Waals surface area contributed by atoms with Gasteiger partial charge in [0.05, 0.1) is 10.9 Å². The van der Waals surface area contributed by atoms with Gasteiger partial charge in [-0.3, -0.25) is 9.36 Å². The van der Waals surface area contributed by atoms with Crippen LogP contribution in [0.4, 0.5) is 0 Å². The van der Waals surface area contributed by atoms with E-state index < -0.39 is 5.63 Å². The van der Waals surface area contributed by atoms with Gasteiger partial charge in [-0.1, -0.05) is 42.4 Å². The largest absolute Gasteiger partial charge is 0.423 e. The van der Waals surface area contributed by atoms with Crippen LogP contribution in [0.3, 0.4) is 0 Å². The van der Waals surface area contributed by atoms with Crippen LogP contribution in [0.2, 0.25) is 5.02 Å². The van der Waals surface area contributed by atoms with E-state index in [1.165, 1.54) is 17.8 Å². The minimum Gasteiger partial charge on any atom is -0.423 e. The van der Waals surface area contributed by atoms with Crippen molar-refractivity contribution in [2.45, 2.75) is 43.1 Å². The molecule has 0 saturated heterocycles. The second-order valence-electron chi connectivity index (χ2n) is 7.49. The first-order chi connectivity index (χ1) is 14.5. The highest BCUT2D eigenvalue weighted by atomic mass is 35.5. The highest BCUT2D eigenvalue weighted by Gasteiger charge is 2.28. The van der Waals surface area contributed by atoms with E-state index in [1.807, 2.05) is 47.9 Å². The number of aromatic nitrogens is 2. The Morgan fingerprint density at radius 1 is 1.13 bits per heavy atom. The number of thioether (sulfide) groups is 1. The fraction of sp³-hybridized carbons (Fsp3) is 0.261. The van der Waals surface area contributed by atoms with Crippen LogP contribution in [-0.2, 0) is 12.2 Å². The third-order valence-corrected chi connectivity index (χ3v) is 6.78. The van der Waals surface area contributed by atoms with Gasteiger partial charge in [0, 0.05) is 28.3 Å². The molecular formula is C23H19ClN2O3S. The van der Waals surface area contributed by atoms with Crippen LogP contribution in [0, 0.1) is 0 Å². The van der Waals surface area contributed by atoms with Gasteiger partial charge in [-0.2, -0.15) is 0 Å². The van der Waals surface area contributed by atoms with Gasteiger partial charge >= 0.3 is 5.63 Å². The molecule has 0 aliphatic heterocycles. The van der Waals surface area contributed by atoms with E-state index in [0.717, 1.165) is 35.8 Å². The summed E-state index contributed by atoms with van der Waals surface area (Å²) in [6.07, 6.45) is 2.73. The Morgan fingerprint density at radius 3 is 2.70 bits per heavy atom. The van der Waals surface area contributed by atoms with Gasteiger partial charge in [-0.05, 0) is 54.7 Å². The topological polar surface area (TPSA) is 65.1 Å². The molecule has 30 heavy (non-hydrogen) atoms. The van der Waals surface area contributed by atoms with E-state index >= 15 is 0 Å². The monoisotopic (exact) mass is 438 g/mol. The number of fused-ring (bicyclic) bond motifs is 2. The smallest absolute Gasteiger partial charge is 0.336 e. The summed E-state index contributed by atoms with van der Waals surface area (Å²) < 4.78 is 7.21. The highest BCUT2D eigenvalue weighted by molar-refractivity contribution is 7.98. The summed E-state index contributed by atoms with van der Waals surface area (Å²) in [5, 5.41) is 2.78. The maximum absolute atomic E-state index is 13.1. The average Bonchev–Trinajstić information content (AvgIpc) is 3.57. The summed E-state index contributed by atoms with van der Waals surface area (Å²) in [5.41, 5.74) is 2.59. The Bertz CT molecular complexity index is 1410. The van der Waals surface area contributed by atoms with Crippen LogP contribution in [0.25, 0.3) is 21.9 Å². The third kappa shape index (κ3) is 3.44. The lowest BCUT2D eigenvalue weighted by Crippen LogP contribution is -2.22. The van der Waals surface area contributed by atoms with Crippen LogP contribution in [0.5, 0.6) is 0 Å². The van der Waals surface area contributed by atoms with Crippen LogP contribution in [0.15, 0.2) is 61.6 Å². The number of halogens is 1.